The topological polar surface area (TPSA) is 69.2 Å². The summed E-state index contributed by atoms with van der Waals surface area (Å²) in [7, 11) is -3.66. The van der Waals surface area contributed by atoms with Crippen LogP contribution in [-0.2, 0) is 27.1 Å². The van der Waals surface area contributed by atoms with Gasteiger partial charge in [0.1, 0.15) is 0 Å². The molecule has 0 saturated carbocycles. The minimum atomic E-state index is -3.66. The Labute approximate surface area is 173 Å². The third kappa shape index (κ3) is 6.73. The number of aryl methyl sites for hydroxylation is 4. The summed E-state index contributed by atoms with van der Waals surface area (Å²) in [6.45, 7) is 5.58. The van der Waals surface area contributed by atoms with Crippen molar-refractivity contribution in [2.24, 2.45) is 0 Å². The van der Waals surface area contributed by atoms with Crippen LogP contribution >= 0.6 is 22.7 Å². The first-order valence-electron chi connectivity index (χ1n) is 8.63. The van der Waals surface area contributed by atoms with E-state index in [0.717, 1.165) is 26.7 Å². The van der Waals surface area contributed by atoms with Crippen molar-refractivity contribution in [1.82, 2.24) is 9.97 Å². The predicted molar refractivity (Wildman–Crippen MR) is 111 cm³/mol. The third-order valence-electron chi connectivity index (χ3n) is 3.89. The van der Waals surface area contributed by atoms with Crippen LogP contribution in [0.25, 0.3) is 0 Å². The van der Waals surface area contributed by atoms with Crippen LogP contribution in [0.5, 0.6) is 0 Å². The fraction of sp³-hybridized carbons (Fsp3) is 0.368. The number of hydrogen-bond acceptors (Lipinski definition) is 7. The summed E-state index contributed by atoms with van der Waals surface area (Å²) in [5.74, 6) is 0. The van der Waals surface area contributed by atoms with Crippen molar-refractivity contribution in [3.05, 3.63) is 62.0 Å². The van der Waals surface area contributed by atoms with Gasteiger partial charge in [-0.15, -0.1) is 22.7 Å². The fourth-order valence-electron chi connectivity index (χ4n) is 2.24. The number of thiazole rings is 2. The van der Waals surface area contributed by atoms with Crippen molar-refractivity contribution in [3.63, 3.8) is 0 Å². The number of benzene rings is 1. The molecule has 9 heteroatoms. The van der Waals surface area contributed by atoms with Gasteiger partial charge < -0.3 is 0 Å². The quantitative estimate of drug-likeness (QED) is 0.498. The third-order valence-corrected chi connectivity index (χ3v) is 7.20. The van der Waals surface area contributed by atoms with Crippen LogP contribution in [0, 0.1) is 20.8 Å². The van der Waals surface area contributed by atoms with Crippen LogP contribution < -0.4 is 0 Å². The van der Waals surface area contributed by atoms with Crippen molar-refractivity contribution < 1.29 is 17.0 Å². The molecule has 3 aromatic rings. The molecule has 28 heavy (non-hydrogen) atoms. The summed E-state index contributed by atoms with van der Waals surface area (Å²) in [5, 5.41) is 0. The molecule has 0 aliphatic heterocycles. The van der Waals surface area contributed by atoms with Crippen LogP contribution in [0.3, 0.4) is 0 Å². The highest BCUT2D eigenvalue weighted by Crippen LogP contribution is 2.16. The second-order valence-electron chi connectivity index (χ2n) is 6.00. The molecule has 3 rings (SSSR count). The van der Waals surface area contributed by atoms with E-state index in [0.29, 0.717) is 12.8 Å². The lowest BCUT2D eigenvalue weighted by atomic mass is 10.2. The molecule has 0 bridgehead atoms. The van der Waals surface area contributed by atoms with E-state index >= 15 is 0 Å². The van der Waals surface area contributed by atoms with Crippen LogP contribution in [0.2, 0.25) is 0 Å². The van der Waals surface area contributed by atoms with E-state index in [4.69, 9.17) is 4.18 Å². The van der Waals surface area contributed by atoms with Gasteiger partial charge in [-0.1, -0.05) is 17.7 Å². The zero-order valence-corrected chi connectivity index (χ0v) is 18.5. The molecule has 0 spiro atoms. The highest BCUT2D eigenvalue weighted by Gasteiger charge is 2.15. The van der Waals surface area contributed by atoms with Crippen molar-refractivity contribution in [2.75, 3.05) is 13.3 Å². The molecular weight excluding hydrogens is 418 g/mol. The smallest absolute Gasteiger partial charge is 0.266 e. The lowest BCUT2D eigenvalue weighted by Gasteiger charge is -2.05. The number of halogens is 1. The van der Waals surface area contributed by atoms with Crippen LogP contribution in [0.1, 0.15) is 26.7 Å². The highest BCUT2D eigenvalue weighted by atomic mass is 32.2. The lowest BCUT2D eigenvalue weighted by molar-refractivity contribution is 0.322. The van der Waals surface area contributed by atoms with E-state index in [9.17, 15) is 12.8 Å². The summed E-state index contributed by atoms with van der Waals surface area (Å²) in [4.78, 5) is 10.4. The maximum atomic E-state index is 11.9. The van der Waals surface area contributed by atoms with Gasteiger partial charge in [-0.05, 0) is 32.9 Å². The molecule has 2 heterocycles. The molecule has 0 aliphatic carbocycles. The predicted octanol–water partition coefficient (Wildman–Crippen LogP) is 4.67. The molecule has 0 N–H and O–H groups in total. The number of alkyl halides is 1. The lowest BCUT2D eigenvalue weighted by Crippen LogP contribution is -2.09. The Hall–Kier alpha value is -1.68. The summed E-state index contributed by atoms with van der Waals surface area (Å²) in [5.41, 5.74) is 6.41. The fourth-order valence-corrected chi connectivity index (χ4v) is 4.66. The van der Waals surface area contributed by atoms with E-state index in [1.165, 1.54) is 22.7 Å². The maximum absolute atomic E-state index is 11.9. The summed E-state index contributed by atoms with van der Waals surface area (Å²) in [6.07, 6.45) is 1.08. The number of rotatable bonds is 7. The second-order valence-corrected chi connectivity index (χ2v) is 9.49. The van der Waals surface area contributed by atoms with E-state index in [2.05, 4.69) is 9.97 Å². The monoisotopic (exact) mass is 441 g/mol. The molecule has 0 aliphatic rings. The average molecular weight is 442 g/mol. The number of aromatic nitrogens is 2. The van der Waals surface area contributed by atoms with Gasteiger partial charge >= 0.3 is 0 Å². The van der Waals surface area contributed by atoms with Gasteiger partial charge in [0.25, 0.3) is 10.1 Å². The van der Waals surface area contributed by atoms with Crippen molar-refractivity contribution in [2.45, 2.75) is 38.5 Å². The summed E-state index contributed by atoms with van der Waals surface area (Å²) < 4.78 is 40.6. The largest absolute Gasteiger partial charge is 0.296 e. The zero-order chi connectivity index (χ0) is 20.6. The van der Waals surface area contributed by atoms with Crippen LogP contribution in [-0.4, -0.2) is 31.7 Å². The Morgan fingerprint density at radius 1 is 0.929 bits per heavy atom. The van der Waals surface area contributed by atoms with E-state index < -0.39 is 10.1 Å². The molecule has 0 unspecified atom stereocenters. The van der Waals surface area contributed by atoms with E-state index in [1.54, 1.807) is 35.3 Å². The van der Waals surface area contributed by atoms with Gasteiger partial charge in [0.2, 0.25) is 0 Å². The maximum Gasteiger partial charge on any atom is 0.296 e. The van der Waals surface area contributed by atoms with Crippen LogP contribution in [0.15, 0.2) is 40.2 Å². The first-order valence-corrected chi connectivity index (χ1v) is 11.8. The SMILES string of the molecule is Cc1ccc(S(=O)(=O)OCCc2scnc2C)cc1.Cc1ncsc1CC[18F]. The van der Waals surface area contributed by atoms with Gasteiger partial charge in [0, 0.05) is 22.6 Å². The molecule has 0 atom stereocenters. The Morgan fingerprint density at radius 2 is 1.46 bits per heavy atom. The van der Waals surface area contributed by atoms with Crippen molar-refractivity contribution in [1.29, 1.82) is 0 Å². The second kappa shape index (κ2) is 10.8. The molecule has 0 fully saturated rings. The number of nitrogens with zero attached hydrogens (tertiary/aromatic N) is 2. The normalized spacial score (nSPS) is 11.1. The Kier molecular flexibility index (Phi) is 8.68. The highest BCUT2D eigenvalue weighted by molar-refractivity contribution is 7.86. The van der Waals surface area contributed by atoms with E-state index in [1.807, 2.05) is 20.8 Å². The van der Waals surface area contributed by atoms with Crippen molar-refractivity contribution >= 4 is 32.8 Å². The van der Waals surface area contributed by atoms with Gasteiger partial charge in [-0.2, -0.15) is 8.42 Å². The van der Waals surface area contributed by atoms with Crippen molar-refractivity contribution in [3.8, 4) is 0 Å². The first-order chi connectivity index (χ1) is 13.3. The summed E-state index contributed by atoms with van der Waals surface area (Å²) >= 11 is 3.03. The van der Waals surface area contributed by atoms with Gasteiger partial charge in [0.15, 0.2) is 0 Å². The summed E-state index contributed by atoms with van der Waals surface area (Å²) in [6, 6.07) is 6.62. The average Bonchev–Trinajstić information content (AvgIpc) is 3.25. The molecule has 5 nitrogen and oxygen atoms in total. The molecular formula is C19H23FN2O3S3. The van der Waals surface area contributed by atoms with Gasteiger partial charge in [-0.3, -0.25) is 8.57 Å². The zero-order valence-electron chi connectivity index (χ0n) is 16.0. The first kappa shape index (κ1) is 22.6. The number of hydrogen-bond donors (Lipinski definition) is 0. The van der Waals surface area contributed by atoms with Gasteiger partial charge in [0.05, 0.1) is 40.6 Å². The molecule has 0 amide bonds. The minimum absolute atomic E-state index is 0.138. The molecule has 0 radical (unpaired) electrons. The molecule has 152 valence electrons. The Morgan fingerprint density at radius 3 is 1.93 bits per heavy atom. The molecule has 0 saturated heterocycles. The Bertz CT molecular complexity index is 966. The Balaban J connectivity index is 0.000000261. The molecule has 2 aromatic heterocycles. The minimum Gasteiger partial charge on any atom is -0.266 e. The standard InChI is InChI=1S/C13H15NO3S2.C6H8FNS/c1-10-3-5-12(6-4-10)19(15,16)17-8-7-13-11(2)14-9-18-13;1-5-6(2-3-7)9-4-8-5/h3-6,9H,7-8H2,1-2H3;4H,2-3H2,1H3/i;7-1. The van der Waals surface area contributed by atoms with Gasteiger partial charge in [-0.25, -0.2) is 9.97 Å². The van der Waals surface area contributed by atoms with Crippen LogP contribution in [0.4, 0.5) is 4.39 Å². The van der Waals surface area contributed by atoms with E-state index in [-0.39, 0.29) is 18.2 Å². The molecule has 1 aromatic carbocycles.